The molecule has 3 N–H and O–H groups in total. The van der Waals surface area contributed by atoms with E-state index in [9.17, 15) is 4.79 Å². The smallest absolute Gasteiger partial charge is 0.318 e. The first-order valence-electron chi connectivity index (χ1n) is 5.11. The molecular weight excluding hydrogens is 204 g/mol. The van der Waals surface area contributed by atoms with Crippen molar-refractivity contribution in [2.24, 2.45) is 0 Å². The zero-order valence-corrected chi connectivity index (χ0v) is 9.23. The number of aliphatic hydroxyl groups is 1. The minimum atomic E-state index is -0.322. The van der Waals surface area contributed by atoms with E-state index in [0.29, 0.717) is 0 Å². The maximum absolute atomic E-state index is 11.1. The van der Waals surface area contributed by atoms with Crippen LogP contribution in [0.4, 0.5) is 4.79 Å². The minimum Gasteiger partial charge on any atom is -0.395 e. The molecule has 4 heteroatoms. The molecule has 0 unspecified atom stereocenters. The van der Waals surface area contributed by atoms with E-state index in [-0.39, 0.29) is 19.2 Å². The number of rotatable bonds is 4. The van der Waals surface area contributed by atoms with Gasteiger partial charge in [-0.25, -0.2) is 4.79 Å². The maximum atomic E-state index is 11.1. The van der Waals surface area contributed by atoms with Crippen molar-refractivity contribution in [3.63, 3.8) is 0 Å². The van der Waals surface area contributed by atoms with E-state index in [1.807, 2.05) is 31.2 Å². The Morgan fingerprint density at radius 1 is 1.38 bits per heavy atom. The SMILES string of the molecule is Cc1ccc(/C=C/NC(=O)NCCO)cc1. The topological polar surface area (TPSA) is 61.4 Å². The first kappa shape index (κ1) is 12.3. The lowest BCUT2D eigenvalue weighted by Gasteiger charge is -2.01. The van der Waals surface area contributed by atoms with Crippen molar-refractivity contribution in [3.8, 4) is 0 Å². The van der Waals surface area contributed by atoms with E-state index < -0.39 is 0 Å². The van der Waals surface area contributed by atoms with E-state index in [1.165, 1.54) is 5.56 Å². The number of carbonyl (C=O) groups is 1. The molecule has 86 valence electrons. The third-order valence-corrected chi connectivity index (χ3v) is 1.96. The van der Waals surface area contributed by atoms with Gasteiger partial charge >= 0.3 is 6.03 Å². The fourth-order valence-electron chi connectivity index (χ4n) is 1.11. The van der Waals surface area contributed by atoms with Gasteiger partial charge < -0.3 is 15.7 Å². The highest BCUT2D eigenvalue weighted by atomic mass is 16.3. The molecule has 0 aliphatic carbocycles. The van der Waals surface area contributed by atoms with Gasteiger partial charge in [0.2, 0.25) is 0 Å². The van der Waals surface area contributed by atoms with Gasteiger partial charge in [0.15, 0.2) is 0 Å². The number of aliphatic hydroxyl groups excluding tert-OH is 1. The molecule has 1 rings (SSSR count). The standard InChI is InChI=1S/C12H16N2O2/c1-10-2-4-11(5-3-10)6-7-13-12(16)14-8-9-15/h2-7,15H,8-9H2,1H3,(H2,13,14,16)/b7-6+. The first-order chi connectivity index (χ1) is 7.72. The van der Waals surface area contributed by atoms with E-state index in [4.69, 9.17) is 5.11 Å². The van der Waals surface area contributed by atoms with Crippen LogP contribution in [0.25, 0.3) is 6.08 Å². The molecule has 0 saturated carbocycles. The zero-order valence-electron chi connectivity index (χ0n) is 9.23. The summed E-state index contributed by atoms with van der Waals surface area (Å²) in [5, 5.41) is 13.5. The normalized spacial score (nSPS) is 10.4. The monoisotopic (exact) mass is 220 g/mol. The summed E-state index contributed by atoms with van der Waals surface area (Å²) in [5.74, 6) is 0. The number of carbonyl (C=O) groups excluding carboxylic acids is 1. The van der Waals surface area contributed by atoms with Crippen LogP contribution in [0.2, 0.25) is 0 Å². The predicted molar refractivity (Wildman–Crippen MR) is 63.8 cm³/mol. The Morgan fingerprint density at radius 3 is 2.69 bits per heavy atom. The lowest BCUT2D eigenvalue weighted by molar-refractivity contribution is 0.237. The lowest BCUT2D eigenvalue weighted by atomic mass is 10.1. The van der Waals surface area contributed by atoms with Crippen molar-refractivity contribution in [2.45, 2.75) is 6.92 Å². The van der Waals surface area contributed by atoms with Crippen LogP contribution in [-0.4, -0.2) is 24.3 Å². The molecule has 0 aliphatic rings. The van der Waals surface area contributed by atoms with Crippen LogP contribution < -0.4 is 10.6 Å². The minimum absolute atomic E-state index is 0.0604. The third-order valence-electron chi connectivity index (χ3n) is 1.96. The van der Waals surface area contributed by atoms with Gasteiger partial charge in [-0.1, -0.05) is 29.8 Å². The highest BCUT2D eigenvalue weighted by molar-refractivity contribution is 5.75. The van der Waals surface area contributed by atoms with E-state index >= 15 is 0 Å². The number of hydrogen-bond donors (Lipinski definition) is 3. The zero-order chi connectivity index (χ0) is 11.8. The van der Waals surface area contributed by atoms with Gasteiger partial charge in [0.1, 0.15) is 0 Å². The van der Waals surface area contributed by atoms with E-state index in [0.717, 1.165) is 5.56 Å². The first-order valence-corrected chi connectivity index (χ1v) is 5.11. The van der Waals surface area contributed by atoms with Crippen molar-refractivity contribution >= 4 is 12.1 Å². The summed E-state index contributed by atoms with van der Waals surface area (Å²) in [6, 6.07) is 7.63. The number of nitrogens with one attached hydrogen (secondary N) is 2. The van der Waals surface area contributed by atoms with Crippen molar-refractivity contribution in [2.75, 3.05) is 13.2 Å². The average molecular weight is 220 g/mol. The predicted octanol–water partition coefficient (Wildman–Crippen LogP) is 1.26. The average Bonchev–Trinajstić information content (AvgIpc) is 2.29. The second-order valence-corrected chi connectivity index (χ2v) is 3.37. The molecule has 1 aromatic rings. The van der Waals surface area contributed by atoms with E-state index in [1.54, 1.807) is 12.3 Å². The third kappa shape index (κ3) is 4.61. The largest absolute Gasteiger partial charge is 0.395 e. The van der Waals surface area contributed by atoms with Crippen LogP contribution in [0.15, 0.2) is 30.5 Å². The van der Waals surface area contributed by atoms with Gasteiger partial charge in [0.25, 0.3) is 0 Å². The summed E-state index contributed by atoms with van der Waals surface area (Å²) in [6.07, 6.45) is 3.37. The molecule has 2 amide bonds. The molecule has 0 aliphatic heterocycles. The Labute approximate surface area is 95.0 Å². The second kappa shape index (κ2) is 6.63. The van der Waals surface area contributed by atoms with Crippen molar-refractivity contribution in [1.82, 2.24) is 10.6 Å². The Bertz CT molecular complexity index is 358. The fraction of sp³-hybridized carbons (Fsp3) is 0.250. The molecule has 1 aromatic carbocycles. The Morgan fingerprint density at radius 2 is 2.06 bits per heavy atom. The van der Waals surface area contributed by atoms with Crippen molar-refractivity contribution < 1.29 is 9.90 Å². The van der Waals surface area contributed by atoms with Crippen LogP contribution in [-0.2, 0) is 0 Å². The van der Waals surface area contributed by atoms with Crippen molar-refractivity contribution in [1.29, 1.82) is 0 Å². The molecule has 4 nitrogen and oxygen atoms in total. The second-order valence-electron chi connectivity index (χ2n) is 3.37. The van der Waals surface area contributed by atoms with Crippen LogP contribution in [0.1, 0.15) is 11.1 Å². The molecule has 0 saturated heterocycles. The van der Waals surface area contributed by atoms with Crippen LogP contribution in [0, 0.1) is 6.92 Å². The molecule has 0 atom stereocenters. The molecule has 0 radical (unpaired) electrons. The number of amides is 2. The fourth-order valence-corrected chi connectivity index (χ4v) is 1.11. The molecule has 0 aromatic heterocycles. The van der Waals surface area contributed by atoms with Crippen LogP contribution in [0.5, 0.6) is 0 Å². The summed E-state index contributed by atoms with van der Waals surface area (Å²) in [5.41, 5.74) is 2.22. The maximum Gasteiger partial charge on any atom is 0.318 e. The van der Waals surface area contributed by atoms with Gasteiger partial charge in [-0.15, -0.1) is 0 Å². The summed E-state index contributed by atoms with van der Waals surface area (Å²) in [6.45, 7) is 2.22. The van der Waals surface area contributed by atoms with Crippen LogP contribution in [0.3, 0.4) is 0 Å². The molecule has 16 heavy (non-hydrogen) atoms. The highest BCUT2D eigenvalue weighted by Crippen LogP contribution is 2.03. The Hall–Kier alpha value is -1.81. The highest BCUT2D eigenvalue weighted by Gasteiger charge is 1.93. The quantitative estimate of drug-likeness (QED) is 0.715. The molecule has 0 fully saturated rings. The van der Waals surface area contributed by atoms with Gasteiger partial charge in [0.05, 0.1) is 6.61 Å². The van der Waals surface area contributed by atoms with Crippen LogP contribution >= 0.6 is 0 Å². The Kier molecular flexibility index (Phi) is 5.08. The number of aryl methyl sites for hydroxylation is 1. The van der Waals surface area contributed by atoms with Gasteiger partial charge in [0, 0.05) is 12.7 Å². The molecule has 0 spiro atoms. The van der Waals surface area contributed by atoms with Crippen molar-refractivity contribution in [3.05, 3.63) is 41.6 Å². The summed E-state index contributed by atoms with van der Waals surface area (Å²) >= 11 is 0. The Balaban J connectivity index is 2.37. The number of hydrogen-bond acceptors (Lipinski definition) is 2. The molecule has 0 heterocycles. The van der Waals surface area contributed by atoms with Gasteiger partial charge in [-0.3, -0.25) is 0 Å². The number of benzene rings is 1. The number of urea groups is 1. The van der Waals surface area contributed by atoms with Gasteiger partial charge in [-0.2, -0.15) is 0 Å². The summed E-state index contributed by atoms with van der Waals surface area (Å²) in [7, 11) is 0. The van der Waals surface area contributed by atoms with E-state index in [2.05, 4.69) is 10.6 Å². The summed E-state index contributed by atoms with van der Waals surface area (Å²) in [4.78, 5) is 11.1. The molecular formula is C12H16N2O2. The lowest BCUT2D eigenvalue weighted by Crippen LogP contribution is -2.33. The summed E-state index contributed by atoms with van der Waals surface area (Å²) < 4.78 is 0. The molecule has 0 bridgehead atoms. The van der Waals surface area contributed by atoms with Gasteiger partial charge in [-0.05, 0) is 18.6 Å².